The minimum Gasteiger partial charge on any atom is -0.464 e. The molecule has 0 bridgehead atoms. The van der Waals surface area contributed by atoms with Crippen molar-refractivity contribution >= 4 is 16.8 Å². The van der Waals surface area contributed by atoms with Gasteiger partial charge in [-0.15, -0.1) is 0 Å². The highest BCUT2D eigenvalue weighted by atomic mass is 16.3. The lowest BCUT2D eigenvalue weighted by Crippen LogP contribution is -2.07. The van der Waals surface area contributed by atoms with Gasteiger partial charge in [-0.25, -0.2) is 0 Å². The molecule has 0 atom stereocenters. The van der Waals surface area contributed by atoms with Crippen molar-refractivity contribution in [2.24, 2.45) is 0 Å². The lowest BCUT2D eigenvalue weighted by Gasteiger charge is -2.03. The fourth-order valence-corrected chi connectivity index (χ4v) is 2.34. The number of ketones is 1. The Hall–Kier alpha value is -2.39. The molecule has 3 aromatic rings. The summed E-state index contributed by atoms with van der Waals surface area (Å²) in [5, 5.41) is 3.94. The Morgan fingerprint density at radius 3 is 2.85 bits per heavy atom. The number of hydrogen-bond acceptors (Lipinski definition) is 3. The van der Waals surface area contributed by atoms with Crippen LogP contribution in [0.25, 0.3) is 11.0 Å². The lowest BCUT2D eigenvalue weighted by atomic mass is 10.0. The molecule has 0 radical (unpaired) electrons. The van der Waals surface area contributed by atoms with Crippen molar-refractivity contribution in [2.45, 2.75) is 6.54 Å². The lowest BCUT2D eigenvalue weighted by molar-refractivity contribution is 0.103. The molecule has 100 valence electrons. The molecule has 2 aromatic carbocycles. The molecule has 3 heteroatoms. The maximum Gasteiger partial charge on any atom is 0.196 e. The predicted molar refractivity (Wildman–Crippen MR) is 78.9 cm³/mol. The maximum atomic E-state index is 12.6. The van der Waals surface area contributed by atoms with Crippen molar-refractivity contribution in [1.29, 1.82) is 0 Å². The van der Waals surface area contributed by atoms with E-state index in [4.69, 9.17) is 4.42 Å². The number of nitrogens with one attached hydrogen (secondary N) is 1. The fourth-order valence-electron chi connectivity index (χ4n) is 2.34. The molecule has 0 aliphatic rings. The van der Waals surface area contributed by atoms with Gasteiger partial charge in [0.2, 0.25) is 0 Å². The van der Waals surface area contributed by atoms with Crippen LogP contribution in [0.5, 0.6) is 0 Å². The van der Waals surface area contributed by atoms with E-state index in [9.17, 15) is 4.79 Å². The quantitative estimate of drug-likeness (QED) is 0.735. The van der Waals surface area contributed by atoms with Gasteiger partial charge in [-0.2, -0.15) is 0 Å². The zero-order valence-electron chi connectivity index (χ0n) is 11.2. The first-order valence-electron chi connectivity index (χ1n) is 6.54. The van der Waals surface area contributed by atoms with Gasteiger partial charge in [-0.3, -0.25) is 4.79 Å². The Morgan fingerprint density at radius 2 is 2.00 bits per heavy atom. The summed E-state index contributed by atoms with van der Waals surface area (Å²) in [5.74, 6) is -0.00657. The Morgan fingerprint density at radius 1 is 1.15 bits per heavy atom. The van der Waals surface area contributed by atoms with Gasteiger partial charge in [0.05, 0.1) is 5.56 Å². The van der Waals surface area contributed by atoms with Gasteiger partial charge >= 0.3 is 0 Å². The third kappa shape index (κ3) is 2.24. The third-order valence-electron chi connectivity index (χ3n) is 3.30. The average Bonchev–Trinajstić information content (AvgIpc) is 2.91. The molecule has 0 amide bonds. The SMILES string of the molecule is CNCc1cccc(C(=O)c2coc3ccccc23)c1. The van der Waals surface area contributed by atoms with E-state index in [1.807, 2.05) is 55.6 Å². The zero-order chi connectivity index (χ0) is 13.9. The smallest absolute Gasteiger partial charge is 0.196 e. The number of fused-ring (bicyclic) bond motifs is 1. The molecule has 3 rings (SSSR count). The van der Waals surface area contributed by atoms with Crippen molar-refractivity contribution in [3.8, 4) is 0 Å². The van der Waals surface area contributed by atoms with Crippen molar-refractivity contribution in [1.82, 2.24) is 5.32 Å². The van der Waals surface area contributed by atoms with Gasteiger partial charge in [0.1, 0.15) is 11.8 Å². The van der Waals surface area contributed by atoms with E-state index in [0.29, 0.717) is 11.1 Å². The van der Waals surface area contributed by atoms with Gasteiger partial charge in [0.25, 0.3) is 0 Å². The fraction of sp³-hybridized carbons (Fsp3) is 0.118. The van der Waals surface area contributed by atoms with Crippen LogP contribution in [0.15, 0.2) is 59.2 Å². The Labute approximate surface area is 117 Å². The topological polar surface area (TPSA) is 42.2 Å². The minimum atomic E-state index is -0.00657. The van der Waals surface area contributed by atoms with Crippen LogP contribution in [-0.4, -0.2) is 12.8 Å². The number of carbonyl (C=O) groups is 1. The van der Waals surface area contributed by atoms with Crippen molar-refractivity contribution < 1.29 is 9.21 Å². The van der Waals surface area contributed by atoms with Gasteiger partial charge < -0.3 is 9.73 Å². The standard InChI is InChI=1S/C17H15NO2/c1-18-10-12-5-4-6-13(9-12)17(19)15-11-20-16-8-3-2-7-14(15)16/h2-9,11,18H,10H2,1H3. The van der Waals surface area contributed by atoms with Gasteiger partial charge in [-0.1, -0.05) is 36.4 Å². The third-order valence-corrected chi connectivity index (χ3v) is 3.30. The Bertz CT molecular complexity index is 758. The summed E-state index contributed by atoms with van der Waals surface area (Å²) in [5.41, 5.74) is 3.12. The van der Waals surface area contributed by atoms with E-state index in [0.717, 1.165) is 23.1 Å². The maximum absolute atomic E-state index is 12.6. The molecular formula is C17H15NO2. The van der Waals surface area contributed by atoms with E-state index in [1.165, 1.54) is 6.26 Å². The highest BCUT2D eigenvalue weighted by Gasteiger charge is 2.15. The minimum absolute atomic E-state index is 0.00657. The molecule has 0 fully saturated rings. The largest absolute Gasteiger partial charge is 0.464 e. The summed E-state index contributed by atoms with van der Waals surface area (Å²) in [6.45, 7) is 0.743. The molecule has 3 nitrogen and oxygen atoms in total. The number of carbonyl (C=O) groups excluding carboxylic acids is 1. The number of para-hydroxylation sites is 1. The predicted octanol–water partition coefficient (Wildman–Crippen LogP) is 3.38. The van der Waals surface area contributed by atoms with Crippen molar-refractivity contribution in [3.05, 3.63) is 71.5 Å². The van der Waals surface area contributed by atoms with E-state index >= 15 is 0 Å². The Kier molecular flexibility index (Phi) is 3.35. The molecule has 0 saturated heterocycles. The molecule has 1 aromatic heterocycles. The number of hydrogen-bond donors (Lipinski definition) is 1. The number of rotatable bonds is 4. The first-order chi connectivity index (χ1) is 9.79. The van der Waals surface area contributed by atoms with E-state index in [-0.39, 0.29) is 5.78 Å². The second kappa shape index (κ2) is 5.31. The Balaban J connectivity index is 2.02. The van der Waals surface area contributed by atoms with Crippen LogP contribution in [0.3, 0.4) is 0 Å². The molecule has 0 aliphatic carbocycles. The molecule has 1 N–H and O–H groups in total. The molecule has 20 heavy (non-hydrogen) atoms. The monoisotopic (exact) mass is 265 g/mol. The average molecular weight is 265 g/mol. The van der Waals surface area contributed by atoms with Crippen LogP contribution in [0.4, 0.5) is 0 Å². The first-order valence-corrected chi connectivity index (χ1v) is 6.54. The van der Waals surface area contributed by atoms with Crippen LogP contribution in [0.2, 0.25) is 0 Å². The van der Waals surface area contributed by atoms with E-state index < -0.39 is 0 Å². The van der Waals surface area contributed by atoms with Crippen LogP contribution in [0, 0.1) is 0 Å². The second-order valence-electron chi connectivity index (χ2n) is 4.71. The zero-order valence-corrected chi connectivity index (χ0v) is 11.2. The summed E-state index contributed by atoms with van der Waals surface area (Å²) in [7, 11) is 1.89. The van der Waals surface area contributed by atoms with Crippen LogP contribution in [0.1, 0.15) is 21.5 Å². The van der Waals surface area contributed by atoms with Crippen molar-refractivity contribution in [2.75, 3.05) is 7.05 Å². The van der Waals surface area contributed by atoms with Crippen molar-refractivity contribution in [3.63, 3.8) is 0 Å². The summed E-state index contributed by atoms with van der Waals surface area (Å²) in [6.07, 6.45) is 1.54. The highest BCUT2D eigenvalue weighted by molar-refractivity contribution is 6.15. The summed E-state index contributed by atoms with van der Waals surface area (Å²) in [6, 6.07) is 15.2. The number of furan rings is 1. The summed E-state index contributed by atoms with van der Waals surface area (Å²) < 4.78 is 5.44. The van der Waals surface area contributed by atoms with Gasteiger partial charge in [0.15, 0.2) is 5.78 Å². The normalized spacial score (nSPS) is 10.8. The molecule has 0 spiro atoms. The molecule has 0 saturated carbocycles. The van der Waals surface area contributed by atoms with Crippen LogP contribution in [-0.2, 0) is 6.54 Å². The molecule has 1 heterocycles. The second-order valence-corrected chi connectivity index (χ2v) is 4.71. The first kappa shape index (κ1) is 12.6. The summed E-state index contributed by atoms with van der Waals surface area (Å²) in [4.78, 5) is 12.6. The van der Waals surface area contributed by atoms with Crippen LogP contribution >= 0.6 is 0 Å². The molecule has 0 unspecified atom stereocenters. The van der Waals surface area contributed by atoms with E-state index in [1.54, 1.807) is 0 Å². The van der Waals surface area contributed by atoms with Crippen LogP contribution < -0.4 is 5.32 Å². The molecular weight excluding hydrogens is 250 g/mol. The number of benzene rings is 2. The molecule has 0 aliphatic heterocycles. The highest BCUT2D eigenvalue weighted by Crippen LogP contribution is 2.23. The summed E-state index contributed by atoms with van der Waals surface area (Å²) >= 11 is 0. The van der Waals surface area contributed by atoms with E-state index in [2.05, 4.69) is 5.32 Å². The van der Waals surface area contributed by atoms with Gasteiger partial charge in [-0.05, 0) is 24.7 Å². The van der Waals surface area contributed by atoms with Gasteiger partial charge in [0, 0.05) is 17.5 Å².